The molecule has 1 aromatic carbocycles. The topological polar surface area (TPSA) is 64.7 Å². The Hall–Kier alpha value is -3.67. The molecule has 0 unspecified atom stereocenters. The molecule has 6 nitrogen and oxygen atoms in total. The van der Waals surface area contributed by atoms with Gasteiger partial charge in [0.25, 0.3) is 0 Å². The standard InChI is InChI=1S/C24H25N5O/c1-24(2,3)20-17-22(29(27-20)21-8-4-5-13-25-21)26-23(30)16-18-9-11-19(12-10-18)28-14-6-7-15-28/h4-15,17H,16H2,1-3H3,(H,26,30). The zero-order valence-electron chi connectivity index (χ0n) is 17.4. The second-order valence-corrected chi connectivity index (χ2v) is 8.25. The third-order valence-electron chi connectivity index (χ3n) is 4.82. The summed E-state index contributed by atoms with van der Waals surface area (Å²) in [6.45, 7) is 6.28. The molecule has 4 aromatic rings. The van der Waals surface area contributed by atoms with Crippen LogP contribution in [0.25, 0.3) is 11.5 Å². The first kappa shape index (κ1) is 19.6. The number of aromatic nitrogens is 4. The summed E-state index contributed by atoms with van der Waals surface area (Å²) >= 11 is 0. The highest BCUT2D eigenvalue weighted by Gasteiger charge is 2.22. The van der Waals surface area contributed by atoms with Crippen molar-refractivity contribution in [2.24, 2.45) is 0 Å². The molecule has 0 aliphatic rings. The smallest absolute Gasteiger partial charge is 0.229 e. The van der Waals surface area contributed by atoms with E-state index in [1.807, 2.05) is 77.6 Å². The molecule has 0 saturated carbocycles. The highest BCUT2D eigenvalue weighted by atomic mass is 16.1. The predicted molar refractivity (Wildman–Crippen MR) is 118 cm³/mol. The molecule has 0 saturated heterocycles. The van der Waals surface area contributed by atoms with Crippen molar-refractivity contribution in [1.82, 2.24) is 19.3 Å². The Morgan fingerprint density at radius 2 is 1.73 bits per heavy atom. The van der Waals surface area contributed by atoms with E-state index >= 15 is 0 Å². The lowest BCUT2D eigenvalue weighted by atomic mass is 9.92. The van der Waals surface area contributed by atoms with Crippen molar-refractivity contribution >= 4 is 11.7 Å². The van der Waals surface area contributed by atoms with Crippen molar-refractivity contribution < 1.29 is 4.79 Å². The van der Waals surface area contributed by atoms with Crippen molar-refractivity contribution in [3.63, 3.8) is 0 Å². The fourth-order valence-electron chi connectivity index (χ4n) is 3.16. The average Bonchev–Trinajstić information content (AvgIpc) is 3.39. The van der Waals surface area contributed by atoms with Gasteiger partial charge in [0.15, 0.2) is 5.82 Å². The van der Waals surface area contributed by atoms with Gasteiger partial charge in [-0.3, -0.25) is 4.79 Å². The molecule has 0 atom stereocenters. The molecule has 3 aromatic heterocycles. The number of rotatable bonds is 5. The summed E-state index contributed by atoms with van der Waals surface area (Å²) in [4.78, 5) is 17.1. The molecule has 6 heteroatoms. The van der Waals surface area contributed by atoms with Gasteiger partial charge in [-0.25, -0.2) is 4.98 Å². The van der Waals surface area contributed by atoms with Crippen LogP contribution in [0, 0.1) is 0 Å². The Bertz CT molecular complexity index is 1120. The number of nitrogens with zero attached hydrogens (tertiary/aromatic N) is 4. The molecule has 152 valence electrons. The van der Waals surface area contributed by atoms with Gasteiger partial charge in [0, 0.05) is 35.8 Å². The van der Waals surface area contributed by atoms with Crippen LogP contribution in [0.4, 0.5) is 5.82 Å². The van der Waals surface area contributed by atoms with Gasteiger partial charge >= 0.3 is 0 Å². The minimum Gasteiger partial charge on any atom is -0.324 e. The van der Waals surface area contributed by atoms with Crippen LogP contribution in [0.5, 0.6) is 0 Å². The highest BCUT2D eigenvalue weighted by molar-refractivity contribution is 5.91. The number of carbonyl (C=O) groups excluding carboxylic acids is 1. The van der Waals surface area contributed by atoms with Gasteiger partial charge in [0.1, 0.15) is 5.82 Å². The number of nitrogens with one attached hydrogen (secondary N) is 1. The monoisotopic (exact) mass is 399 g/mol. The van der Waals surface area contributed by atoms with E-state index < -0.39 is 0 Å². The summed E-state index contributed by atoms with van der Waals surface area (Å²) in [6, 6.07) is 19.5. The minimum absolute atomic E-state index is 0.0961. The van der Waals surface area contributed by atoms with Gasteiger partial charge in [0.05, 0.1) is 12.1 Å². The Labute approximate surface area is 176 Å². The van der Waals surface area contributed by atoms with Gasteiger partial charge in [-0.1, -0.05) is 39.0 Å². The molecule has 1 amide bonds. The lowest BCUT2D eigenvalue weighted by Gasteiger charge is -2.13. The molecule has 0 aliphatic carbocycles. The molecule has 30 heavy (non-hydrogen) atoms. The number of carbonyl (C=O) groups is 1. The van der Waals surface area contributed by atoms with Crippen molar-refractivity contribution in [2.45, 2.75) is 32.6 Å². The lowest BCUT2D eigenvalue weighted by Crippen LogP contribution is -2.17. The van der Waals surface area contributed by atoms with Crippen LogP contribution in [-0.2, 0) is 16.6 Å². The highest BCUT2D eigenvalue weighted by Crippen LogP contribution is 2.26. The summed E-state index contributed by atoms with van der Waals surface area (Å²) in [7, 11) is 0. The minimum atomic E-state index is -0.145. The SMILES string of the molecule is CC(C)(C)c1cc(NC(=O)Cc2ccc(-n3cccc3)cc2)n(-c2ccccn2)n1. The maximum absolute atomic E-state index is 12.8. The molecule has 0 bridgehead atoms. The second-order valence-electron chi connectivity index (χ2n) is 8.25. The van der Waals surface area contributed by atoms with Crippen molar-refractivity contribution in [3.05, 3.63) is 90.5 Å². The van der Waals surface area contributed by atoms with E-state index in [1.54, 1.807) is 10.9 Å². The third-order valence-corrected chi connectivity index (χ3v) is 4.82. The average molecular weight is 399 g/mol. The van der Waals surface area contributed by atoms with Gasteiger partial charge < -0.3 is 9.88 Å². The molecule has 0 radical (unpaired) electrons. The molecule has 0 fully saturated rings. The Kier molecular flexibility index (Phi) is 5.23. The van der Waals surface area contributed by atoms with Crippen molar-refractivity contribution in [2.75, 3.05) is 5.32 Å². The van der Waals surface area contributed by atoms with E-state index in [0.29, 0.717) is 11.6 Å². The van der Waals surface area contributed by atoms with Crippen LogP contribution in [0.3, 0.4) is 0 Å². The van der Waals surface area contributed by atoms with E-state index in [0.717, 1.165) is 16.9 Å². The molecule has 0 spiro atoms. The summed E-state index contributed by atoms with van der Waals surface area (Å²) in [5, 5.41) is 7.70. The van der Waals surface area contributed by atoms with E-state index in [9.17, 15) is 4.79 Å². The maximum atomic E-state index is 12.8. The van der Waals surface area contributed by atoms with Crippen molar-refractivity contribution in [3.8, 4) is 11.5 Å². The molecular formula is C24H25N5O. The third kappa shape index (κ3) is 4.33. The number of hydrogen-bond acceptors (Lipinski definition) is 3. The fourth-order valence-corrected chi connectivity index (χ4v) is 3.16. The van der Waals surface area contributed by atoms with E-state index in [-0.39, 0.29) is 17.7 Å². The summed E-state index contributed by atoms with van der Waals surface area (Å²) in [5.74, 6) is 1.19. The largest absolute Gasteiger partial charge is 0.324 e. The Morgan fingerprint density at radius 1 is 1.00 bits per heavy atom. The molecule has 3 heterocycles. The van der Waals surface area contributed by atoms with Crippen LogP contribution in [-0.4, -0.2) is 25.2 Å². The number of hydrogen-bond donors (Lipinski definition) is 1. The maximum Gasteiger partial charge on any atom is 0.229 e. The molecular weight excluding hydrogens is 374 g/mol. The van der Waals surface area contributed by atoms with Crippen LogP contribution in [0.2, 0.25) is 0 Å². The number of amides is 1. The predicted octanol–water partition coefficient (Wildman–Crippen LogP) is 4.54. The first-order chi connectivity index (χ1) is 14.4. The van der Waals surface area contributed by atoms with Gasteiger partial charge in [-0.2, -0.15) is 9.78 Å². The summed E-state index contributed by atoms with van der Waals surface area (Å²) < 4.78 is 3.72. The zero-order valence-corrected chi connectivity index (χ0v) is 17.4. The van der Waals surface area contributed by atoms with Crippen LogP contribution >= 0.6 is 0 Å². The van der Waals surface area contributed by atoms with E-state index in [4.69, 9.17) is 0 Å². The Balaban J connectivity index is 1.53. The number of anilines is 1. The van der Waals surface area contributed by atoms with Gasteiger partial charge in [-0.05, 0) is 42.0 Å². The Morgan fingerprint density at radius 3 is 2.37 bits per heavy atom. The summed E-state index contributed by atoms with van der Waals surface area (Å²) in [6.07, 6.45) is 5.98. The molecule has 1 N–H and O–H groups in total. The van der Waals surface area contributed by atoms with Crippen LogP contribution < -0.4 is 5.32 Å². The molecule has 4 rings (SSSR count). The van der Waals surface area contributed by atoms with E-state index in [2.05, 4.69) is 36.2 Å². The normalized spacial score (nSPS) is 11.4. The van der Waals surface area contributed by atoms with Crippen LogP contribution in [0.1, 0.15) is 32.0 Å². The number of pyridine rings is 1. The first-order valence-corrected chi connectivity index (χ1v) is 9.94. The van der Waals surface area contributed by atoms with E-state index in [1.165, 1.54) is 0 Å². The first-order valence-electron chi connectivity index (χ1n) is 9.94. The fraction of sp³-hybridized carbons (Fsp3) is 0.208. The summed E-state index contributed by atoms with van der Waals surface area (Å²) in [5.41, 5.74) is 2.75. The number of benzene rings is 1. The zero-order chi connectivity index (χ0) is 21.1. The van der Waals surface area contributed by atoms with Crippen LogP contribution in [0.15, 0.2) is 79.3 Å². The second kappa shape index (κ2) is 7.99. The van der Waals surface area contributed by atoms with Gasteiger partial charge in [0.2, 0.25) is 5.91 Å². The molecule has 0 aliphatic heterocycles. The quantitative estimate of drug-likeness (QED) is 0.536. The van der Waals surface area contributed by atoms with Gasteiger partial charge in [-0.15, -0.1) is 0 Å². The van der Waals surface area contributed by atoms with Crippen molar-refractivity contribution in [1.29, 1.82) is 0 Å². The lowest BCUT2D eigenvalue weighted by molar-refractivity contribution is -0.115.